The van der Waals surface area contributed by atoms with E-state index in [1.807, 2.05) is 6.92 Å². The Balaban J connectivity index is 2.37. The second-order valence-corrected chi connectivity index (χ2v) is 4.52. The molecule has 1 heterocycles. The quantitative estimate of drug-likeness (QED) is 0.648. The predicted octanol–water partition coefficient (Wildman–Crippen LogP) is 3.27. The molecule has 0 spiro atoms. The maximum absolute atomic E-state index is 5.80. The lowest BCUT2D eigenvalue weighted by molar-refractivity contribution is -0.282. The van der Waals surface area contributed by atoms with Crippen molar-refractivity contribution in [3.05, 3.63) is 11.6 Å². The predicted molar refractivity (Wildman–Crippen MR) is 58.2 cm³/mol. The zero-order valence-electron chi connectivity index (χ0n) is 9.80. The van der Waals surface area contributed by atoms with Crippen LogP contribution < -0.4 is 0 Å². The Kier molecular flexibility index (Phi) is 4.14. The summed E-state index contributed by atoms with van der Waals surface area (Å²) in [4.78, 5) is 0. The summed E-state index contributed by atoms with van der Waals surface area (Å²) in [5, 5.41) is 0. The van der Waals surface area contributed by atoms with E-state index in [2.05, 4.69) is 26.8 Å². The van der Waals surface area contributed by atoms with Crippen LogP contribution in [0.5, 0.6) is 0 Å². The molecule has 1 aliphatic rings. The van der Waals surface area contributed by atoms with Crippen LogP contribution in [0.25, 0.3) is 0 Å². The molecule has 0 aliphatic carbocycles. The number of hydrogen-bond donors (Lipinski definition) is 0. The highest BCUT2D eigenvalue weighted by Gasteiger charge is 2.31. The number of allylic oxidation sites excluding steroid dienone is 2. The minimum Gasteiger partial charge on any atom is -0.350 e. The topological polar surface area (TPSA) is 18.5 Å². The van der Waals surface area contributed by atoms with Crippen molar-refractivity contribution in [2.45, 2.75) is 58.8 Å². The van der Waals surface area contributed by atoms with Crippen LogP contribution in [0.2, 0.25) is 0 Å². The average Bonchev–Trinajstić information content (AvgIpc) is 2.01. The van der Waals surface area contributed by atoms with Gasteiger partial charge in [-0.1, -0.05) is 11.6 Å². The molecule has 0 aromatic carbocycles. The molecular weight excluding hydrogens is 176 g/mol. The molecule has 1 aliphatic heterocycles. The van der Waals surface area contributed by atoms with Crippen molar-refractivity contribution in [3.8, 4) is 0 Å². The molecule has 1 rings (SSSR count). The first kappa shape index (κ1) is 11.7. The van der Waals surface area contributed by atoms with Crippen molar-refractivity contribution >= 4 is 0 Å². The monoisotopic (exact) mass is 198 g/mol. The van der Waals surface area contributed by atoms with Crippen molar-refractivity contribution in [2.24, 2.45) is 0 Å². The molecular formula is C12H22O2. The molecule has 2 heteroatoms. The summed E-state index contributed by atoms with van der Waals surface area (Å²) in [5.74, 6) is -0.358. The molecule has 0 aromatic heterocycles. The minimum absolute atomic E-state index is 0.334. The summed E-state index contributed by atoms with van der Waals surface area (Å²) in [7, 11) is 0. The third-order valence-electron chi connectivity index (χ3n) is 2.53. The zero-order chi connectivity index (χ0) is 10.6. The van der Waals surface area contributed by atoms with Gasteiger partial charge in [0, 0.05) is 6.42 Å². The molecule has 14 heavy (non-hydrogen) atoms. The largest absolute Gasteiger partial charge is 0.350 e. The van der Waals surface area contributed by atoms with Gasteiger partial charge in [0.15, 0.2) is 5.79 Å². The van der Waals surface area contributed by atoms with Gasteiger partial charge in [-0.15, -0.1) is 0 Å². The minimum atomic E-state index is -0.358. The summed E-state index contributed by atoms with van der Waals surface area (Å²) >= 11 is 0. The Labute approximate surface area is 87.3 Å². The first-order valence-electron chi connectivity index (χ1n) is 5.47. The van der Waals surface area contributed by atoms with Crippen LogP contribution in [-0.4, -0.2) is 18.5 Å². The van der Waals surface area contributed by atoms with Crippen LogP contribution in [0.15, 0.2) is 11.6 Å². The van der Waals surface area contributed by atoms with Crippen LogP contribution in [0, 0.1) is 0 Å². The maximum Gasteiger partial charge on any atom is 0.166 e. The van der Waals surface area contributed by atoms with Crippen LogP contribution >= 0.6 is 0 Å². The maximum atomic E-state index is 5.80. The van der Waals surface area contributed by atoms with Gasteiger partial charge in [-0.25, -0.2) is 0 Å². The first-order chi connectivity index (χ1) is 6.52. The molecule has 0 radical (unpaired) electrons. The van der Waals surface area contributed by atoms with Gasteiger partial charge >= 0.3 is 0 Å². The highest BCUT2D eigenvalue weighted by molar-refractivity contribution is 4.93. The molecule has 0 bridgehead atoms. The fraction of sp³-hybridized carbons (Fsp3) is 0.833. The van der Waals surface area contributed by atoms with Gasteiger partial charge in [0.25, 0.3) is 0 Å². The molecule has 0 aromatic rings. The van der Waals surface area contributed by atoms with Crippen LogP contribution in [-0.2, 0) is 9.47 Å². The number of rotatable bonds is 3. The Morgan fingerprint density at radius 2 is 2.21 bits per heavy atom. The van der Waals surface area contributed by atoms with Crippen LogP contribution in [0.3, 0.4) is 0 Å². The summed E-state index contributed by atoms with van der Waals surface area (Å²) < 4.78 is 11.5. The van der Waals surface area contributed by atoms with Crippen molar-refractivity contribution in [1.82, 2.24) is 0 Å². The summed E-state index contributed by atoms with van der Waals surface area (Å²) in [5.41, 5.74) is 1.36. The van der Waals surface area contributed by atoms with Crippen LogP contribution in [0.1, 0.15) is 47.0 Å². The molecule has 0 saturated carbocycles. The van der Waals surface area contributed by atoms with E-state index in [1.54, 1.807) is 0 Å². The van der Waals surface area contributed by atoms with E-state index >= 15 is 0 Å². The normalized spacial score (nSPS) is 32.7. The number of ether oxygens (including phenoxy) is 2. The van der Waals surface area contributed by atoms with E-state index in [0.717, 1.165) is 25.9 Å². The van der Waals surface area contributed by atoms with E-state index in [9.17, 15) is 0 Å². The Hall–Kier alpha value is -0.340. The van der Waals surface area contributed by atoms with Gasteiger partial charge in [0.1, 0.15) is 0 Å². The van der Waals surface area contributed by atoms with Crippen molar-refractivity contribution < 1.29 is 9.47 Å². The third-order valence-corrected chi connectivity index (χ3v) is 2.53. The SMILES string of the molecule is CC(C)=CCC[C@@]1(C)OCC[C@H](C)O1. The van der Waals surface area contributed by atoms with Gasteiger partial charge in [0.2, 0.25) is 0 Å². The van der Waals surface area contributed by atoms with E-state index in [4.69, 9.17) is 9.47 Å². The van der Waals surface area contributed by atoms with E-state index < -0.39 is 0 Å². The lowest BCUT2D eigenvalue weighted by atomic mass is 10.1. The van der Waals surface area contributed by atoms with Crippen molar-refractivity contribution in [1.29, 1.82) is 0 Å². The first-order valence-corrected chi connectivity index (χ1v) is 5.47. The number of hydrogen-bond acceptors (Lipinski definition) is 2. The molecule has 2 nitrogen and oxygen atoms in total. The smallest absolute Gasteiger partial charge is 0.166 e. The van der Waals surface area contributed by atoms with Gasteiger partial charge in [0.05, 0.1) is 12.7 Å². The van der Waals surface area contributed by atoms with E-state index in [1.165, 1.54) is 5.57 Å². The fourth-order valence-corrected chi connectivity index (χ4v) is 1.71. The van der Waals surface area contributed by atoms with Crippen molar-refractivity contribution in [2.75, 3.05) is 6.61 Å². The highest BCUT2D eigenvalue weighted by Crippen LogP contribution is 2.27. The second-order valence-electron chi connectivity index (χ2n) is 4.52. The molecule has 2 atom stereocenters. The van der Waals surface area contributed by atoms with Gasteiger partial charge in [-0.3, -0.25) is 0 Å². The lowest BCUT2D eigenvalue weighted by Crippen LogP contribution is -2.41. The Morgan fingerprint density at radius 3 is 2.79 bits per heavy atom. The summed E-state index contributed by atoms with van der Waals surface area (Å²) in [6, 6.07) is 0. The lowest BCUT2D eigenvalue weighted by Gasteiger charge is -2.37. The second kappa shape index (κ2) is 4.94. The van der Waals surface area contributed by atoms with Crippen molar-refractivity contribution in [3.63, 3.8) is 0 Å². The van der Waals surface area contributed by atoms with Crippen LogP contribution in [0.4, 0.5) is 0 Å². The molecule has 82 valence electrons. The third kappa shape index (κ3) is 3.81. The zero-order valence-corrected chi connectivity index (χ0v) is 9.80. The Bertz CT molecular complexity index is 206. The molecule has 0 amide bonds. The summed E-state index contributed by atoms with van der Waals surface area (Å²) in [6.45, 7) is 9.22. The van der Waals surface area contributed by atoms with Gasteiger partial charge < -0.3 is 9.47 Å². The fourth-order valence-electron chi connectivity index (χ4n) is 1.71. The van der Waals surface area contributed by atoms with E-state index in [-0.39, 0.29) is 5.79 Å². The molecule has 1 saturated heterocycles. The van der Waals surface area contributed by atoms with E-state index in [0.29, 0.717) is 6.10 Å². The molecule has 0 N–H and O–H groups in total. The summed E-state index contributed by atoms with van der Waals surface area (Å²) in [6.07, 6.45) is 5.56. The molecule has 0 unspecified atom stereocenters. The van der Waals surface area contributed by atoms with Gasteiger partial charge in [-0.2, -0.15) is 0 Å². The standard InChI is InChI=1S/C12H22O2/c1-10(2)6-5-8-12(4)13-9-7-11(3)14-12/h6,11H,5,7-9H2,1-4H3/t11-,12-/m0/s1. The highest BCUT2D eigenvalue weighted by atomic mass is 16.7. The van der Waals surface area contributed by atoms with Gasteiger partial charge in [-0.05, 0) is 40.5 Å². The average molecular weight is 198 g/mol. The molecule has 1 fully saturated rings. The Morgan fingerprint density at radius 1 is 1.50 bits per heavy atom.